The van der Waals surface area contributed by atoms with E-state index < -0.39 is 6.10 Å². The highest BCUT2D eigenvalue weighted by Crippen LogP contribution is 2.21. The van der Waals surface area contributed by atoms with Crippen molar-refractivity contribution in [3.63, 3.8) is 0 Å². The van der Waals surface area contributed by atoms with Crippen LogP contribution in [0.15, 0.2) is 34.7 Å². The molecule has 0 radical (unpaired) electrons. The molecule has 0 aliphatic heterocycles. The summed E-state index contributed by atoms with van der Waals surface area (Å²) in [6.45, 7) is 1.81. The molecule has 2 N–H and O–H groups in total. The minimum atomic E-state index is -0.904. The molecule has 1 aromatic heterocycles. The minimum Gasteiger partial charge on any atom is -0.464 e. The van der Waals surface area contributed by atoms with Crippen LogP contribution >= 0.6 is 23.2 Å². The lowest BCUT2D eigenvalue weighted by atomic mass is 10.2. The average Bonchev–Trinajstić information content (AvgIpc) is 2.82. The Kier molecular flexibility index (Phi) is 4.70. The van der Waals surface area contributed by atoms with Crippen LogP contribution in [-0.4, -0.2) is 17.6 Å². The second-order valence-corrected chi connectivity index (χ2v) is 5.14. The number of amides is 1. The summed E-state index contributed by atoms with van der Waals surface area (Å²) in [5, 5.41) is 13.2. The molecule has 0 aliphatic rings. The van der Waals surface area contributed by atoms with E-state index in [2.05, 4.69) is 5.32 Å². The standard InChI is InChI=1S/C14H13Cl2NO3/c1-8-2-5-13(20-8)12(18)7-17-14(19)10-4-3-9(15)6-11(10)16/h2-6,12,18H,7H2,1H3,(H,17,19). The van der Waals surface area contributed by atoms with Gasteiger partial charge < -0.3 is 14.8 Å². The summed E-state index contributed by atoms with van der Waals surface area (Å²) in [7, 11) is 0. The number of benzene rings is 1. The largest absolute Gasteiger partial charge is 0.464 e. The van der Waals surface area contributed by atoms with Gasteiger partial charge in [-0.1, -0.05) is 23.2 Å². The third-order valence-corrected chi connectivity index (χ3v) is 3.27. The number of furan rings is 1. The highest BCUT2D eigenvalue weighted by Gasteiger charge is 2.15. The third-order valence-electron chi connectivity index (χ3n) is 2.72. The van der Waals surface area contributed by atoms with Gasteiger partial charge in [-0.25, -0.2) is 0 Å². The van der Waals surface area contributed by atoms with Gasteiger partial charge >= 0.3 is 0 Å². The lowest BCUT2D eigenvalue weighted by Crippen LogP contribution is -2.28. The Balaban J connectivity index is 1.98. The maximum Gasteiger partial charge on any atom is 0.252 e. The molecule has 0 saturated heterocycles. The summed E-state index contributed by atoms with van der Waals surface area (Å²) in [4.78, 5) is 11.9. The van der Waals surface area contributed by atoms with E-state index in [1.54, 1.807) is 25.1 Å². The lowest BCUT2D eigenvalue weighted by Gasteiger charge is -2.10. The summed E-state index contributed by atoms with van der Waals surface area (Å²) in [5.41, 5.74) is 0.305. The van der Waals surface area contributed by atoms with Gasteiger partial charge in [-0.3, -0.25) is 4.79 Å². The van der Waals surface area contributed by atoms with E-state index in [9.17, 15) is 9.90 Å². The Morgan fingerprint density at radius 3 is 2.70 bits per heavy atom. The van der Waals surface area contributed by atoms with Crippen molar-refractivity contribution in [1.82, 2.24) is 5.32 Å². The van der Waals surface area contributed by atoms with Gasteiger partial charge in [-0.15, -0.1) is 0 Å². The predicted molar refractivity (Wildman–Crippen MR) is 77.2 cm³/mol. The zero-order valence-electron chi connectivity index (χ0n) is 10.7. The van der Waals surface area contributed by atoms with E-state index in [1.165, 1.54) is 12.1 Å². The number of aliphatic hydroxyl groups is 1. The SMILES string of the molecule is Cc1ccc(C(O)CNC(=O)c2ccc(Cl)cc2Cl)o1. The van der Waals surface area contributed by atoms with Gasteiger partial charge in [0.2, 0.25) is 0 Å². The Morgan fingerprint density at radius 1 is 1.35 bits per heavy atom. The normalized spacial score (nSPS) is 12.2. The molecule has 2 aromatic rings. The van der Waals surface area contributed by atoms with Crippen molar-refractivity contribution < 1.29 is 14.3 Å². The molecule has 1 amide bonds. The van der Waals surface area contributed by atoms with Crippen LogP contribution in [0.4, 0.5) is 0 Å². The van der Waals surface area contributed by atoms with Crippen molar-refractivity contribution in [3.8, 4) is 0 Å². The molecule has 0 spiro atoms. The monoisotopic (exact) mass is 313 g/mol. The summed E-state index contributed by atoms with van der Waals surface area (Å²) in [6.07, 6.45) is -0.904. The molecule has 1 atom stereocenters. The van der Waals surface area contributed by atoms with E-state index >= 15 is 0 Å². The molecular weight excluding hydrogens is 301 g/mol. The smallest absolute Gasteiger partial charge is 0.252 e. The Bertz CT molecular complexity index is 625. The number of hydrogen-bond donors (Lipinski definition) is 2. The summed E-state index contributed by atoms with van der Waals surface area (Å²) in [5.74, 6) is 0.727. The molecule has 0 fully saturated rings. The Morgan fingerprint density at radius 2 is 2.10 bits per heavy atom. The number of carbonyl (C=O) groups is 1. The maximum atomic E-state index is 11.9. The molecule has 106 valence electrons. The zero-order chi connectivity index (χ0) is 14.7. The van der Waals surface area contributed by atoms with Crippen LogP contribution in [-0.2, 0) is 0 Å². The van der Waals surface area contributed by atoms with Crippen molar-refractivity contribution in [1.29, 1.82) is 0 Å². The lowest BCUT2D eigenvalue weighted by molar-refractivity contribution is 0.0900. The van der Waals surface area contributed by atoms with Crippen molar-refractivity contribution in [3.05, 3.63) is 57.5 Å². The number of hydrogen-bond acceptors (Lipinski definition) is 3. The molecule has 1 heterocycles. The van der Waals surface area contributed by atoms with Crippen LogP contribution in [0.5, 0.6) is 0 Å². The molecule has 0 bridgehead atoms. The molecule has 6 heteroatoms. The molecule has 4 nitrogen and oxygen atoms in total. The van der Waals surface area contributed by atoms with Crippen molar-refractivity contribution in [2.24, 2.45) is 0 Å². The number of aryl methyl sites for hydroxylation is 1. The van der Waals surface area contributed by atoms with Crippen LogP contribution in [0.1, 0.15) is 28.0 Å². The van der Waals surface area contributed by atoms with Crippen LogP contribution < -0.4 is 5.32 Å². The molecule has 1 unspecified atom stereocenters. The second kappa shape index (κ2) is 6.31. The van der Waals surface area contributed by atoms with Crippen LogP contribution in [0.3, 0.4) is 0 Å². The van der Waals surface area contributed by atoms with Gasteiger partial charge in [0.15, 0.2) is 0 Å². The van der Waals surface area contributed by atoms with E-state index in [1.807, 2.05) is 0 Å². The average molecular weight is 314 g/mol. The van der Waals surface area contributed by atoms with E-state index in [0.29, 0.717) is 22.1 Å². The number of aliphatic hydroxyl groups excluding tert-OH is 1. The molecular formula is C14H13Cl2NO3. The maximum absolute atomic E-state index is 11.9. The van der Waals surface area contributed by atoms with E-state index in [-0.39, 0.29) is 17.5 Å². The number of halogens is 2. The van der Waals surface area contributed by atoms with E-state index in [4.69, 9.17) is 27.6 Å². The highest BCUT2D eigenvalue weighted by atomic mass is 35.5. The van der Waals surface area contributed by atoms with Crippen molar-refractivity contribution >= 4 is 29.1 Å². The van der Waals surface area contributed by atoms with Gasteiger partial charge in [0.05, 0.1) is 17.1 Å². The van der Waals surface area contributed by atoms with Crippen LogP contribution in [0.25, 0.3) is 0 Å². The molecule has 2 rings (SSSR count). The number of carbonyl (C=O) groups excluding carboxylic acids is 1. The highest BCUT2D eigenvalue weighted by molar-refractivity contribution is 6.36. The quantitative estimate of drug-likeness (QED) is 0.909. The summed E-state index contributed by atoms with van der Waals surface area (Å²) >= 11 is 11.7. The van der Waals surface area contributed by atoms with E-state index in [0.717, 1.165) is 0 Å². The van der Waals surface area contributed by atoms with Gasteiger partial charge in [0, 0.05) is 5.02 Å². The topological polar surface area (TPSA) is 62.5 Å². The Hall–Kier alpha value is -1.49. The van der Waals surface area contributed by atoms with Gasteiger partial charge in [-0.2, -0.15) is 0 Å². The Labute approximate surface area is 126 Å². The number of rotatable bonds is 4. The molecule has 0 aliphatic carbocycles. The van der Waals surface area contributed by atoms with Crippen LogP contribution in [0.2, 0.25) is 10.0 Å². The molecule has 1 aromatic carbocycles. The first kappa shape index (κ1) is 14.9. The first-order chi connectivity index (χ1) is 9.47. The van der Waals surface area contributed by atoms with Gasteiger partial charge in [0.25, 0.3) is 5.91 Å². The minimum absolute atomic E-state index is 0.0325. The fourth-order valence-corrected chi connectivity index (χ4v) is 2.19. The first-order valence-electron chi connectivity index (χ1n) is 5.95. The summed E-state index contributed by atoms with van der Waals surface area (Å²) < 4.78 is 5.28. The second-order valence-electron chi connectivity index (χ2n) is 4.30. The fourth-order valence-electron chi connectivity index (χ4n) is 1.69. The zero-order valence-corrected chi connectivity index (χ0v) is 12.2. The van der Waals surface area contributed by atoms with Crippen LogP contribution in [0, 0.1) is 6.92 Å². The van der Waals surface area contributed by atoms with Gasteiger partial charge in [0.1, 0.15) is 17.6 Å². The van der Waals surface area contributed by atoms with Crippen molar-refractivity contribution in [2.45, 2.75) is 13.0 Å². The third kappa shape index (κ3) is 3.54. The molecule has 20 heavy (non-hydrogen) atoms. The predicted octanol–water partition coefficient (Wildman–Crippen LogP) is 3.36. The summed E-state index contributed by atoms with van der Waals surface area (Å²) in [6, 6.07) is 8.01. The number of nitrogens with one attached hydrogen (secondary N) is 1. The molecule has 0 saturated carbocycles. The first-order valence-corrected chi connectivity index (χ1v) is 6.70. The van der Waals surface area contributed by atoms with Gasteiger partial charge in [-0.05, 0) is 37.3 Å². The van der Waals surface area contributed by atoms with Crippen molar-refractivity contribution in [2.75, 3.05) is 6.54 Å². The fraction of sp³-hybridized carbons (Fsp3) is 0.214.